The molecule has 0 radical (unpaired) electrons. The van der Waals surface area contributed by atoms with Crippen molar-refractivity contribution in [3.8, 4) is 17.0 Å². The molecule has 0 bridgehead atoms. The molecule has 2 heterocycles. The second-order valence-corrected chi connectivity index (χ2v) is 9.02. The van der Waals surface area contributed by atoms with Crippen molar-refractivity contribution in [1.82, 2.24) is 20.0 Å². The van der Waals surface area contributed by atoms with Crippen LogP contribution in [0.1, 0.15) is 22.3 Å². The van der Waals surface area contributed by atoms with Crippen molar-refractivity contribution in [1.29, 1.82) is 0 Å². The predicted octanol–water partition coefficient (Wildman–Crippen LogP) is 3.83. The number of hydrogen-bond donors (Lipinski definition) is 0. The van der Waals surface area contributed by atoms with Crippen molar-refractivity contribution in [2.45, 2.75) is 13.3 Å². The van der Waals surface area contributed by atoms with E-state index in [-0.39, 0.29) is 18.4 Å². The zero-order chi connectivity index (χ0) is 26.2. The van der Waals surface area contributed by atoms with E-state index in [1.165, 1.54) is 0 Å². The number of nitrogens with zero attached hydrogens (tertiary/aromatic N) is 5. The van der Waals surface area contributed by atoms with Gasteiger partial charge in [0.2, 0.25) is 5.91 Å². The number of benzene rings is 2. The predicted molar refractivity (Wildman–Crippen MR) is 145 cm³/mol. The molecule has 3 aromatic rings. The van der Waals surface area contributed by atoms with Gasteiger partial charge in [-0.05, 0) is 61.4 Å². The maximum Gasteiger partial charge on any atom is 0.254 e. The molecule has 192 valence electrons. The molecule has 1 aliphatic rings. The van der Waals surface area contributed by atoms with Crippen LogP contribution >= 0.6 is 0 Å². The average Bonchev–Trinajstić information content (AvgIpc) is 3.19. The minimum absolute atomic E-state index is 0.0234. The molecule has 2 amide bonds. The van der Waals surface area contributed by atoms with Gasteiger partial charge in [0.1, 0.15) is 12.3 Å². The molecule has 8 nitrogen and oxygen atoms in total. The Kier molecular flexibility index (Phi) is 8.51. The zero-order valence-electron chi connectivity index (χ0n) is 21.5. The summed E-state index contributed by atoms with van der Waals surface area (Å²) in [6.07, 6.45) is 2.46. The van der Waals surface area contributed by atoms with E-state index in [4.69, 9.17) is 4.74 Å². The number of hydrogen-bond acceptors (Lipinski definition) is 6. The van der Waals surface area contributed by atoms with E-state index in [9.17, 15) is 9.59 Å². The Morgan fingerprint density at radius 3 is 2.46 bits per heavy atom. The van der Waals surface area contributed by atoms with Gasteiger partial charge >= 0.3 is 0 Å². The Bertz CT molecular complexity index is 1230. The van der Waals surface area contributed by atoms with E-state index in [1.54, 1.807) is 24.2 Å². The first kappa shape index (κ1) is 25.9. The molecule has 1 aliphatic heterocycles. The molecular formula is C29H33N5O3. The highest BCUT2D eigenvalue weighted by molar-refractivity contribution is 5.97. The fourth-order valence-electron chi connectivity index (χ4n) is 4.43. The van der Waals surface area contributed by atoms with Gasteiger partial charge < -0.3 is 19.4 Å². The number of methoxy groups -OCH3 is 1. The summed E-state index contributed by atoms with van der Waals surface area (Å²) >= 11 is 0. The lowest BCUT2D eigenvalue weighted by atomic mass is 10.1. The molecule has 8 heteroatoms. The van der Waals surface area contributed by atoms with E-state index < -0.39 is 0 Å². The van der Waals surface area contributed by atoms with Gasteiger partial charge in [-0.15, -0.1) is 16.8 Å². The first-order valence-electron chi connectivity index (χ1n) is 12.5. The Balaban J connectivity index is 1.37. The third kappa shape index (κ3) is 6.33. The molecule has 0 atom stereocenters. The Labute approximate surface area is 218 Å². The summed E-state index contributed by atoms with van der Waals surface area (Å²) in [5.74, 6) is 1.36. The summed E-state index contributed by atoms with van der Waals surface area (Å²) < 4.78 is 5.22. The highest BCUT2D eigenvalue weighted by atomic mass is 16.5. The lowest BCUT2D eigenvalue weighted by Crippen LogP contribution is -2.44. The molecule has 0 N–H and O–H groups in total. The van der Waals surface area contributed by atoms with E-state index in [2.05, 4.69) is 21.7 Å². The summed E-state index contributed by atoms with van der Waals surface area (Å²) in [6, 6.07) is 19.1. The van der Waals surface area contributed by atoms with Crippen LogP contribution in [0.4, 0.5) is 5.82 Å². The SMILES string of the molecule is C=CCN(CC(=O)N1CCCN(c2ccc(-c3ccc(OC)cc3)nn2)CC1)C(=O)c1ccccc1C. The fourth-order valence-corrected chi connectivity index (χ4v) is 4.43. The monoisotopic (exact) mass is 499 g/mol. The molecule has 1 fully saturated rings. The van der Waals surface area contributed by atoms with Crippen molar-refractivity contribution in [2.24, 2.45) is 0 Å². The van der Waals surface area contributed by atoms with Crippen molar-refractivity contribution >= 4 is 17.6 Å². The van der Waals surface area contributed by atoms with Crippen molar-refractivity contribution in [3.63, 3.8) is 0 Å². The molecule has 0 spiro atoms. The molecule has 0 unspecified atom stereocenters. The van der Waals surface area contributed by atoms with Crippen LogP contribution < -0.4 is 9.64 Å². The topological polar surface area (TPSA) is 78.9 Å². The highest BCUT2D eigenvalue weighted by Crippen LogP contribution is 2.22. The van der Waals surface area contributed by atoms with Gasteiger partial charge in [-0.3, -0.25) is 9.59 Å². The number of carbonyl (C=O) groups is 2. The number of anilines is 1. The van der Waals surface area contributed by atoms with Gasteiger partial charge in [0.15, 0.2) is 5.82 Å². The summed E-state index contributed by atoms with van der Waals surface area (Å²) in [6.45, 7) is 8.62. The van der Waals surface area contributed by atoms with Crippen LogP contribution in [-0.4, -0.2) is 78.2 Å². The van der Waals surface area contributed by atoms with Gasteiger partial charge in [-0.25, -0.2) is 0 Å². The normalized spacial score (nSPS) is 13.6. The quantitative estimate of drug-likeness (QED) is 0.439. The largest absolute Gasteiger partial charge is 0.497 e. The molecule has 4 rings (SSSR count). The van der Waals surface area contributed by atoms with Crippen molar-refractivity contribution in [3.05, 3.63) is 84.4 Å². The average molecular weight is 500 g/mol. The van der Waals surface area contributed by atoms with E-state index in [0.29, 0.717) is 31.7 Å². The molecule has 0 saturated carbocycles. The van der Waals surface area contributed by atoms with Gasteiger partial charge in [0.05, 0.1) is 12.8 Å². The number of aryl methyl sites for hydroxylation is 1. The van der Waals surface area contributed by atoms with Gasteiger partial charge in [-0.2, -0.15) is 0 Å². The number of carbonyl (C=O) groups excluding carboxylic acids is 2. The molecule has 1 aromatic heterocycles. The smallest absolute Gasteiger partial charge is 0.254 e. The Morgan fingerprint density at radius 1 is 1.00 bits per heavy atom. The second-order valence-electron chi connectivity index (χ2n) is 9.02. The first-order chi connectivity index (χ1) is 18.0. The van der Waals surface area contributed by atoms with Crippen LogP contribution in [0, 0.1) is 6.92 Å². The molecular weight excluding hydrogens is 466 g/mol. The van der Waals surface area contributed by atoms with Crippen LogP contribution in [-0.2, 0) is 4.79 Å². The summed E-state index contributed by atoms with van der Waals surface area (Å²) in [5.41, 5.74) is 3.25. The second kappa shape index (κ2) is 12.2. The molecule has 1 saturated heterocycles. The van der Waals surface area contributed by atoms with Crippen LogP contribution in [0.25, 0.3) is 11.3 Å². The van der Waals surface area contributed by atoms with Crippen LogP contribution in [0.5, 0.6) is 5.75 Å². The maximum atomic E-state index is 13.2. The van der Waals surface area contributed by atoms with Crippen molar-refractivity contribution in [2.75, 3.05) is 51.3 Å². The van der Waals surface area contributed by atoms with Crippen LogP contribution in [0.3, 0.4) is 0 Å². The minimum Gasteiger partial charge on any atom is -0.497 e. The van der Waals surface area contributed by atoms with E-state index in [1.807, 2.05) is 66.4 Å². The van der Waals surface area contributed by atoms with Gasteiger partial charge in [-0.1, -0.05) is 24.3 Å². The first-order valence-corrected chi connectivity index (χ1v) is 12.5. The Hall–Kier alpha value is -4.20. The lowest BCUT2D eigenvalue weighted by molar-refractivity contribution is -0.131. The molecule has 37 heavy (non-hydrogen) atoms. The summed E-state index contributed by atoms with van der Waals surface area (Å²) in [4.78, 5) is 31.9. The minimum atomic E-state index is -0.157. The molecule has 2 aromatic carbocycles. The lowest BCUT2D eigenvalue weighted by Gasteiger charge is -2.27. The van der Waals surface area contributed by atoms with Gasteiger partial charge in [0, 0.05) is 43.9 Å². The third-order valence-corrected chi connectivity index (χ3v) is 6.55. The molecule has 0 aliphatic carbocycles. The van der Waals surface area contributed by atoms with Crippen LogP contribution in [0.15, 0.2) is 73.3 Å². The third-order valence-electron chi connectivity index (χ3n) is 6.55. The number of amides is 2. The maximum absolute atomic E-state index is 13.2. The fraction of sp³-hybridized carbons (Fsp3) is 0.310. The number of aromatic nitrogens is 2. The standard InChI is InChI=1S/C29H33N5O3/c1-4-16-34(29(36)25-9-6-5-8-22(25)2)21-28(35)33-18-7-17-32(19-20-33)27-15-14-26(30-31-27)23-10-12-24(37-3)13-11-23/h4-6,8-15H,1,7,16-21H2,2-3H3. The summed E-state index contributed by atoms with van der Waals surface area (Å²) in [5, 5.41) is 8.86. The van der Waals surface area contributed by atoms with Gasteiger partial charge in [0.25, 0.3) is 5.91 Å². The Morgan fingerprint density at radius 2 is 1.78 bits per heavy atom. The van der Waals surface area contributed by atoms with Crippen LogP contribution in [0.2, 0.25) is 0 Å². The van der Waals surface area contributed by atoms with E-state index in [0.717, 1.165) is 41.4 Å². The number of ether oxygens (including phenoxy) is 1. The van der Waals surface area contributed by atoms with Crippen molar-refractivity contribution < 1.29 is 14.3 Å². The number of rotatable bonds is 8. The zero-order valence-corrected chi connectivity index (χ0v) is 21.5. The summed E-state index contributed by atoms with van der Waals surface area (Å²) in [7, 11) is 1.64. The highest BCUT2D eigenvalue weighted by Gasteiger charge is 2.24. The van der Waals surface area contributed by atoms with E-state index >= 15 is 0 Å².